The molecule has 25 heavy (non-hydrogen) atoms. The van der Waals surface area contributed by atoms with E-state index in [-0.39, 0.29) is 11.5 Å². The Bertz CT molecular complexity index is 941. The fraction of sp³-hybridized carbons (Fsp3) is 0. The highest BCUT2D eigenvalue weighted by Gasteiger charge is 2.16. The van der Waals surface area contributed by atoms with Crippen LogP contribution < -0.4 is 5.43 Å². The minimum absolute atomic E-state index is 0.0515. The number of aromatic hydroxyl groups is 1. The van der Waals surface area contributed by atoms with Gasteiger partial charge >= 0.3 is 5.88 Å². The molecule has 3 aromatic rings. The predicted molar refractivity (Wildman–Crippen MR) is 86.1 cm³/mol. The number of rotatable bonds is 5. The molecule has 0 bridgehead atoms. The van der Waals surface area contributed by atoms with Crippen LogP contribution in [0.2, 0.25) is 0 Å². The van der Waals surface area contributed by atoms with Gasteiger partial charge in [-0.2, -0.15) is 10.2 Å². The minimum Gasteiger partial charge on any atom is -0.508 e. The van der Waals surface area contributed by atoms with Crippen molar-refractivity contribution in [3.05, 3.63) is 63.8 Å². The van der Waals surface area contributed by atoms with E-state index in [9.17, 15) is 20.0 Å². The zero-order chi connectivity index (χ0) is 17.8. The standard InChI is InChI=1S/C15H11N5O5/c21-11-3-1-9(2-4-11)15(22)19-17-8-10-7-16-18-14(10)12-5-6-13(25-12)20(23)24/h1-8,21H,(H,16,18)(H,19,22). The summed E-state index contributed by atoms with van der Waals surface area (Å²) in [6.45, 7) is 0. The molecule has 2 aromatic heterocycles. The summed E-state index contributed by atoms with van der Waals surface area (Å²) < 4.78 is 5.10. The molecule has 10 heteroatoms. The van der Waals surface area contributed by atoms with Gasteiger partial charge in [-0.15, -0.1) is 0 Å². The predicted octanol–water partition coefficient (Wildman–Crippen LogP) is 2.05. The Morgan fingerprint density at radius 2 is 2.08 bits per heavy atom. The number of aromatic amines is 1. The van der Waals surface area contributed by atoms with Crippen molar-refractivity contribution in [3.8, 4) is 17.2 Å². The molecule has 0 radical (unpaired) electrons. The number of phenolic OH excluding ortho intramolecular Hbond substituents is 1. The second-order valence-electron chi connectivity index (χ2n) is 4.84. The molecule has 0 atom stereocenters. The van der Waals surface area contributed by atoms with Gasteiger partial charge < -0.3 is 9.52 Å². The number of benzene rings is 1. The largest absolute Gasteiger partial charge is 0.508 e. The number of nitrogens with one attached hydrogen (secondary N) is 2. The molecular weight excluding hydrogens is 330 g/mol. The highest BCUT2D eigenvalue weighted by atomic mass is 16.6. The van der Waals surface area contributed by atoms with E-state index in [1.54, 1.807) is 0 Å². The molecule has 0 saturated carbocycles. The number of hydrogen-bond acceptors (Lipinski definition) is 7. The second kappa shape index (κ2) is 6.66. The Morgan fingerprint density at radius 3 is 2.76 bits per heavy atom. The van der Waals surface area contributed by atoms with Gasteiger partial charge in [0.25, 0.3) is 5.91 Å². The highest BCUT2D eigenvalue weighted by Crippen LogP contribution is 2.26. The fourth-order valence-corrected chi connectivity index (χ4v) is 1.99. The Hall–Kier alpha value is -3.95. The van der Waals surface area contributed by atoms with Crippen molar-refractivity contribution in [2.75, 3.05) is 0 Å². The van der Waals surface area contributed by atoms with Crippen LogP contribution in [0.3, 0.4) is 0 Å². The molecular formula is C15H11N5O5. The lowest BCUT2D eigenvalue weighted by Crippen LogP contribution is -2.17. The summed E-state index contributed by atoms with van der Waals surface area (Å²) in [6.07, 6.45) is 2.76. The average molecular weight is 341 g/mol. The number of carbonyl (C=O) groups excluding carboxylic acids is 1. The summed E-state index contributed by atoms with van der Waals surface area (Å²) in [5.74, 6) is -0.589. The van der Waals surface area contributed by atoms with Crippen LogP contribution in [0.5, 0.6) is 5.75 Å². The van der Waals surface area contributed by atoms with Crippen LogP contribution in [0.15, 0.2) is 52.1 Å². The van der Waals surface area contributed by atoms with E-state index in [0.717, 1.165) is 0 Å². The van der Waals surface area contributed by atoms with Crippen molar-refractivity contribution in [1.29, 1.82) is 0 Å². The number of amides is 1. The number of H-pyrrole nitrogens is 1. The summed E-state index contributed by atoms with van der Waals surface area (Å²) in [4.78, 5) is 21.9. The lowest BCUT2D eigenvalue weighted by molar-refractivity contribution is -0.401. The second-order valence-corrected chi connectivity index (χ2v) is 4.84. The highest BCUT2D eigenvalue weighted by molar-refractivity contribution is 5.95. The van der Waals surface area contributed by atoms with Crippen molar-refractivity contribution >= 4 is 18.0 Å². The summed E-state index contributed by atoms with van der Waals surface area (Å²) in [5, 5.41) is 30.2. The lowest BCUT2D eigenvalue weighted by atomic mass is 10.2. The first-order valence-corrected chi connectivity index (χ1v) is 6.95. The number of hydrazone groups is 1. The Morgan fingerprint density at radius 1 is 1.32 bits per heavy atom. The smallest absolute Gasteiger partial charge is 0.433 e. The van der Waals surface area contributed by atoms with Crippen molar-refractivity contribution in [3.63, 3.8) is 0 Å². The quantitative estimate of drug-likeness (QED) is 0.367. The summed E-state index contributed by atoms with van der Waals surface area (Å²) in [7, 11) is 0. The number of aromatic nitrogens is 2. The van der Waals surface area contributed by atoms with Gasteiger partial charge in [0.05, 0.1) is 18.5 Å². The maximum atomic E-state index is 11.9. The van der Waals surface area contributed by atoms with Crippen LogP contribution >= 0.6 is 0 Å². The van der Waals surface area contributed by atoms with Gasteiger partial charge in [0.1, 0.15) is 16.4 Å². The van der Waals surface area contributed by atoms with E-state index in [4.69, 9.17) is 4.42 Å². The summed E-state index contributed by atoms with van der Waals surface area (Å²) in [5.41, 5.74) is 3.50. The average Bonchev–Trinajstić information content (AvgIpc) is 3.24. The molecule has 0 saturated heterocycles. The molecule has 1 amide bonds. The number of phenols is 1. The van der Waals surface area contributed by atoms with E-state index >= 15 is 0 Å². The van der Waals surface area contributed by atoms with E-state index < -0.39 is 16.7 Å². The Labute approximate surface area is 139 Å². The molecule has 0 unspecified atom stereocenters. The molecule has 1 aromatic carbocycles. The molecule has 2 heterocycles. The molecule has 0 fully saturated rings. The first-order chi connectivity index (χ1) is 12.0. The SMILES string of the molecule is O=C(NN=Cc1cn[nH]c1-c1ccc([N+](=O)[O-])o1)c1ccc(O)cc1. The third-order valence-electron chi connectivity index (χ3n) is 3.19. The van der Waals surface area contributed by atoms with E-state index in [1.807, 2.05) is 0 Å². The molecule has 0 aliphatic carbocycles. The van der Waals surface area contributed by atoms with Crippen LogP contribution in [-0.4, -0.2) is 32.3 Å². The molecule has 126 valence electrons. The number of nitro groups is 1. The molecule has 0 spiro atoms. The van der Waals surface area contributed by atoms with Crippen molar-refractivity contribution in [2.45, 2.75) is 0 Å². The van der Waals surface area contributed by atoms with Crippen molar-refractivity contribution < 1.29 is 19.2 Å². The normalized spacial score (nSPS) is 10.9. The number of nitrogens with zero attached hydrogens (tertiary/aromatic N) is 3. The van der Waals surface area contributed by atoms with Crippen LogP contribution in [0.4, 0.5) is 5.88 Å². The van der Waals surface area contributed by atoms with Crippen LogP contribution in [0.25, 0.3) is 11.5 Å². The number of carbonyl (C=O) groups is 1. The third kappa shape index (κ3) is 3.52. The van der Waals surface area contributed by atoms with Gasteiger partial charge in [0, 0.05) is 11.1 Å². The summed E-state index contributed by atoms with van der Waals surface area (Å²) >= 11 is 0. The van der Waals surface area contributed by atoms with Gasteiger partial charge in [-0.25, -0.2) is 5.43 Å². The molecule has 3 N–H and O–H groups in total. The third-order valence-corrected chi connectivity index (χ3v) is 3.19. The van der Waals surface area contributed by atoms with Gasteiger partial charge in [0.15, 0.2) is 5.76 Å². The summed E-state index contributed by atoms with van der Waals surface area (Å²) in [6, 6.07) is 8.33. The van der Waals surface area contributed by atoms with E-state index in [0.29, 0.717) is 16.8 Å². The molecule has 0 aliphatic heterocycles. The Balaban J connectivity index is 1.72. The number of hydrogen-bond donors (Lipinski definition) is 3. The monoisotopic (exact) mass is 341 g/mol. The van der Waals surface area contributed by atoms with Crippen LogP contribution in [-0.2, 0) is 0 Å². The van der Waals surface area contributed by atoms with Gasteiger partial charge in [-0.05, 0) is 30.3 Å². The van der Waals surface area contributed by atoms with Crippen molar-refractivity contribution in [2.24, 2.45) is 5.10 Å². The topological polar surface area (TPSA) is 147 Å². The van der Waals surface area contributed by atoms with Crippen LogP contribution in [0, 0.1) is 10.1 Å². The van der Waals surface area contributed by atoms with Crippen LogP contribution in [0.1, 0.15) is 15.9 Å². The van der Waals surface area contributed by atoms with Gasteiger partial charge in [0.2, 0.25) is 0 Å². The van der Waals surface area contributed by atoms with E-state index in [2.05, 4.69) is 20.7 Å². The first-order valence-electron chi connectivity index (χ1n) is 6.95. The first kappa shape index (κ1) is 15.9. The maximum Gasteiger partial charge on any atom is 0.433 e. The van der Waals surface area contributed by atoms with Gasteiger partial charge in [-0.1, -0.05) is 0 Å². The zero-order valence-electron chi connectivity index (χ0n) is 12.5. The zero-order valence-corrected chi connectivity index (χ0v) is 12.5. The van der Waals surface area contributed by atoms with Gasteiger partial charge in [-0.3, -0.25) is 20.0 Å². The minimum atomic E-state index is -0.647. The van der Waals surface area contributed by atoms with Crippen molar-refractivity contribution in [1.82, 2.24) is 15.6 Å². The molecule has 10 nitrogen and oxygen atoms in total. The number of furan rings is 1. The maximum absolute atomic E-state index is 11.9. The lowest BCUT2D eigenvalue weighted by Gasteiger charge is -1.99. The Kier molecular flexibility index (Phi) is 4.24. The molecule has 3 rings (SSSR count). The van der Waals surface area contributed by atoms with E-state index in [1.165, 1.54) is 48.8 Å². The molecule has 0 aliphatic rings. The fourth-order valence-electron chi connectivity index (χ4n) is 1.99.